The van der Waals surface area contributed by atoms with E-state index in [-0.39, 0.29) is 11.8 Å². The summed E-state index contributed by atoms with van der Waals surface area (Å²) in [6, 6.07) is 25.8. The number of aromatic nitrogens is 3. The zero-order chi connectivity index (χ0) is 26.7. The van der Waals surface area contributed by atoms with Gasteiger partial charge in [0.05, 0.1) is 22.3 Å². The number of thiazole rings is 1. The molecule has 8 heteroatoms. The fourth-order valence-corrected chi connectivity index (χ4v) is 4.99. The van der Waals surface area contributed by atoms with E-state index in [2.05, 4.69) is 61.7 Å². The molecule has 5 rings (SSSR count). The van der Waals surface area contributed by atoms with E-state index >= 15 is 0 Å². The topological polar surface area (TPSA) is 100 Å². The molecule has 3 aromatic carbocycles. The number of fused-ring (bicyclic) bond motifs is 1. The van der Waals surface area contributed by atoms with Gasteiger partial charge in [-0.2, -0.15) is 4.98 Å². The Bertz CT molecular complexity index is 1570. The Kier molecular flexibility index (Phi) is 7.07. The Morgan fingerprint density at radius 2 is 1.63 bits per heavy atom. The highest BCUT2D eigenvalue weighted by molar-refractivity contribution is 7.22. The molecule has 3 N–H and O–H groups in total. The molecule has 5 aromatic rings. The fourth-order valence-electron chi connectivity index (χ4n) is 4.08. The first-order valence-corrected chi connectivity index (χ1v) is 13.2. The van der Waals surface area contributed by atoms with E-state index in [0.717, 1.165) is 37.9 Å². The first kappa shape index (κ1) is 25.4. The standard InChI is InChI=1S/C30H29N5O2S/c1-30(2,3)21-11-14-24-25(17-21)38-29(33-24)35-26-18-23(15-19-7-5-4-6-8-19)32-28(34-26)31-22-12-9-20(10-13-22)16-27(36)37/h4-14,17-18H,15-16H2,1-3H3,(H,36,37)(H2,31,32,33,34,35). The summed E-state index contributed by atoms with van der Waals surface area (Å²) in [5, 5.41) is 16.4. The van der Waals surface area contributed by atoms with Gasteiger partial charge in [-0.3, -0.25) is 4.79 Å². The van der Waals surface area contributed by atoms with Crippen LogP contribution in [0.4, 0.5) is 22.6 Å². The summed E-state index contributed by atoms with van der Waals surface area (Å²) in [6.07, 6.45) is 0.635. The molecule has 0 aliphatic carbocycles. The van der Waals surface area contributed by atoms with Gasteiger partial charge in [0.15, 0.2) is 5.13 Å². The smallest absolute Gasteiger partial charge is 0.307 e. The van der Waals surface area contributed by atoms with Gasteiger partial charge in [-0.25, -0.2) is 9.97 Å². The molecule has 0 saturated heterocycles. The molecule has 0 saturated carbocycles. The van der Waals surface area contributed by atoms with Crippen LogP contribution in [0, 0.1) is 0 Å². The van der Waals surface area contributed by atoms with Crippen molar-refractivity contribution in [2.75, 3.05) is 10.6 Å². The molecule has 0 fully saturated rings. The van der Waals surface area contributed by atoms with Crippen molar-refractivity contribution in [3.63, 3.8) is 0 Å². The first-order chi connectivity index (χ1) is 18.2. The van der Waals surface area contributed by atoms with Crippen molar-refractivity contribution >= 4 is 50.1 Å². The summed E-state index contributed by atoms with van der Waals surface area (Å²) in [7, 11) is 0. The Balaban J connectivity index is 1.43. The quantitative estimate of drug-likeness (QED) is 0.200. The summed E-state index contributed by atoms with van der Waals surface area (Å²) < 4.78 is 1.12. The number of carboxylic acids is 1. The van der Waals surface area contributed by atoms with E-state index in [4.69, 9.17) is 20.1 Å². The first-order valence-electron chi connectivity index (χ1n) is 12.4. The third kappa shape index (κ3) is 6.33. The van der Waals surface area contributed by atoms with E-state index in [1.807, 2.05) is 36.4 Å². The van der Waals surface area contributed by atoms with Crippen LogP contribution in [0.2, 0.25) is 0 Å². The normalized spacial score (nSPS) is 11.4. The van der Waals surface area contributed by atoms with Gasteiger partial charge in [-0.05, 0) is 46.4 Å². The molecular weight excluding hydrogens is 494 g/mol. The van der Waals surface area contributed by atoms with Gasteiger partial charge in [-0.1, -0.05) is 80.6 Å². The van der Waals surface area contributed by atoms with Gasteiger partial charge >= 0.3 is 5.97 Å². The van der Waals surface area contributed by atoms with Crippen LogP contribution in [0.3, 0.4) is 0 Å². The number of hydrogen-bond donors (Lipinski definition) is 3. The average molecular weight is 524 g/mol. The minimum atomic E-state index is -0.858. The van der Waals surface area contributed by atoms with E-state index in [1.165, 1.54) is 5.56 Å². The number of carboxylic acid groups (broad SMARTS) is 1. The number of carbonyl (C=O) groups is 1. The predicted octanol–water partition coefficient (Wildman–Crippen LogP) is 7.09. The molecule has 7 nitrogen and oxygen atoms in total. The maximum atomic E-state index is 11.0. The van der Waals surface area contributed by atoms with Crippen molar-refractivity contribution in [1.82, 2.24) is 15.0 Å². The van der Waals surface area contributed by atoms with Gasteiger partial charge in [0.2, 0.25) is 5.95 Å². The molecule has 0 atom stereocenters. The molecule has 0 spiro atoms. The van der Waals surface area contributed by atoms with Gasteiger partial charge < -0.3 is 15.7 Å². The number of aliphatic carboxylic acids is 1. The zero-order valence-corrected chi connectivity index (χ0v) is 22.3. The number of nitrogens with zero attached hydrogens (tertiary/aromatic N) is 3. The van der Waals surface area contributed by atoms with Crippen molar-refractivity contribution in [3.05, 3.63) is 101 Å². The lowest BCUT2D eigenvalue weighted by Gasteiger charge is -2.18. The molecular formula is C30H29N5O2S. The van der Waals surface area contributed by atoms with Crippen LogP contribution < -0.4 is 10.6 Å². The van der Waals surface area contributed by atoms with E-state index in [0.29, 0.717) is 18.2 Å². The minimum Gasteiger partial charge on any atom is -0.481 e. The second-order valence-electron chi connectivity index (χ2n) is 10.2. The SMILES string of the molecule is CC(C)(C)c1ccc2nc(Nc3cc(Cc4ccccc4)nc(Nc4ccc(CC(=O)O)cc4)n3)sc2c1. The van der Waals surface area contributed by atoms with Crippen LogP contribution in [-0.2, 0) is 23.1 Å². The lowest BCUT2D eigenvalue weighted by atomic mass is 9.87. The third-order valence-electron chi connectivity index (χ3n) is 6.06. The van der Waals surface area contributed by atoms with Crippen LogP contribution in [-0.4, -0.2) is 26.0 Å². The predicted molar refractivity (Wildman–Crippen MR) is 154 cm³/mol. The highest BCUT2D eigenvalue weighted by Gasteiger charge is 2.16. The molecule has 0 unspecified atom stereocenters. The molecule has 0 bridgehead atoms. The van der Waals surface area contributed by atoms with Crippen molar-refractivity contribution < 1.29 is 9.90 Å². The molecule has 0 radical (unpaired) electrons. The van der Waals surface area contributed by atoms with Gasteiger partial charge in [0.1, 0.15) is 5.82 Å². The number of nitrogens with one attached hydrogen (secondary N) is 2. The van der Waals surface area contributed by atoms with Crippen LogP contribution in [0.25, 0.3) is 10.2 Å². The number of anilines is 4. The molecule has 0 aliphatic rings. The minimum absolute atomic E-state index is 0.0170. The highest BCUT2D eigenvalue weighted by Crippen LogP contribution is 2.32. The fraction of sp³-hybridized carbons (Fsp3) is 0.200. The summed E-state index contributed by atoms with van der Waals surface area (Å²) in [5.74, 6) is 0.233. The monoisotopic (exact) mass is 523 g/mol. The molecule has 192 valence electrons. The van der Waals surface area contributed by atoms with Gasteiger partial charge in [0, 0.05) is 18.2 Å². The molecule has 38 heavy (non-hydrogen) atoms. The van der Waals surface area contributed by atoms with Gasteiger partial charge in [-0.15, -0.1) is 0 Å². The lowest BCUT2D eigenvalue weighted by molar-refractivity contribution is -0.136. The summed E-state index contributed by atoms with van der Waals surface area (Å²) in [6.45, 7) is 6.62. The Morgan fingerprint density at radius 1 is 0.868 bits per heavy atom. The van der Waals surface area contributed by atoms with E-state index in [9.17, 15) is 4.79 Å². The lowest BCUT2D eigenvalue weighted by Crippen LogP contribution is -2.10. The van der Waals surface area contributed by atoms with Crippen molar-refractivity contribution in [1.29, 1.82) is 0 Å². The molecule has 0 amide bonds. The maximum Gasteiger partial charge on any atom is 0.307 e. The van der Waals surface area contributed by atoms with Crippen molar-refractivity contribution in [2.45, 2.75) is 39.0 Å². The van der Waals surface area contributed by atoms with E-state index in [1.54, 1.807) is 23.5 Å². The third-order valence-corrected chi connectivity index (χ3v) is 7.00. The van der Waals surface area contributed by atoms with Crippen molar-refractivity contribution in [2.24, 2.45) is 0 Å². The number of hydrogen-bond acceptors (Lipinski definition) is 7. The van der Waals surface area contributed by atoms with Crippen LogP contribution >= 0.6 is 11.3 Å². The van der Waals surface area contributed by atoms with E-state index < -0.39 is 5.97 Å². The number of rotatable bonds is 8. The zero-order valence-electron chi connectivity index (χ0n) is 21.5. The molecule has 2 heterocycles. The summed E-state index contributed by atoms with van der Waals surface area (Å²) in [5.41, 5.74) is 5.80. The molecule has 0 aliphatic heterocycles. The second kappa shape index (κ2) is 10.6. The maximum absolute atomic E-state index is 11.0. The van der Waals surface area contributed by atoms with Gasteiger partial charge in [0.25, 0.3) is 0 Å². The Morgan fingerprint density at radius 3 is 2.34 bits per heavy atom. The average Bonchev–Trinajstić information content (AvgIpc) is 3.26. The van der Waals surface area contributed by atoms with Crippen LogP contribution in [0.1, 0.15) is 43.2 Å². The van der Waals surface area contributed by atoms with Crippen LogP contribution in [0.15, 0.2) is 78.9 Å². The Labute approximate surface area is 225 Å². The second-order valence-corrected chi connectivity index (χ2v) is 11.2. The highest BCUT2D eigenvalue weighted by atomic mass is 32.1. The Hall–Kier alpha value is -4.30. The molecule has 2 aromatic heterocycles. The summed E-state index contributed by atoms with van der Waals surface area (Å²) >= 11 is 1.60. The largest absolute Gasteiger partial charge is 0.481 e. The number of benzene rings is 3. The summed E-state index contributed by atoms with van der Waals surface area (Å²) in [4.78, 5) is 25.2. The van der Waals surface area contributed by atoms with Crippen molar-refractivity contribution in [3.8, 4) is 0 Å². The van der Waals surface area contributed by atoms with Crippen LogP contribution in [0.5, 0.6) is 0 Å².